The number of benzene rings is 1. The minimum Gasteiger partial charge on any atom is -0.464 e. The van der Waals surface area contributed by atoms with Crippen molar-refractivity contribution in [3.8, 4) is 11.5 Å². The lowest BCUT2D eigenvalue weighted by Crippen LogP contribution is -2.08. The van der Waals surface area contributed by atoms with E-state index in [4.69, 9.17) is 24.8 Å². The maximum atomic E-state index is 5.43. The van der Waals surface area contributed by atoms with E-state index in [1.807, 2.05) is 12.1 Å². The predicted octanol–water partition coefficient (Wildman–Crippen LogP) is 1.04. The molecule has 0 amide bonds. The highest BCUT2D eigenvalue weighted by Crippen LogP contribution is 2.31. The van der Waals surface area contributed by atoms with Gasteiger partial charge in [0.15, 0.2) is 25.1 Å². The van der Waals surface area contributed by atoms with E-state index in [-0.39, 0.29) is 20.2 Å². The lowest BCUT2D eigenvalue weighted by Gasteiger charge is -2.15. The molecule has 0 atom stereocenters. The molecule has 0 saturated carbocycles. The molecular weight excluding hydrogens is 226 g/mol. The number of methoxy groups -OCH3 is 2. The molecule has 0 aromatic heterocycles. The van der Waals surface area contributed by atoms with Crippen LogP contribution in [-0.2, 0) is 20.9 Å². The Kier molecular flexibility index (Phi) is 6.34. The first-order valence-corrected chi connectivity index (χ1v) is 5.00. The molecule has 0 bridgehead atoms. The highest BCUT2D eigenvalue weighted by molar-refractivity contribution is 5.46. The van der Waals surface area contributed by atoms with E-state index in [9.17, 15) is 0 Å². The van der Waals surface area contributed by atoms with E-state index in [0.29, 0.717) is 11.5 Å². The fourth-order valence-corrected chi connectivity index (χ4v) is 1.28. The quantitative estimate of drug-likeness (QED) is 0.543. The van der Waals surface area contributed by atoms with Gasteiger partial charge >= 0.3 is 0 Å². The molecule has 17 heavy (non-hydrogen) atoms. The van der Waals surface area contributed by atoms with Crippen molar-refractivity contribution in [3.05, 3.63) is 23.8 Å². The van der Waals surface area contributed by atoms with Crippen LogP contribution in [0.4, 0.5) is 0 Å². The first kappa shape index (κ1) is 13.7. The van der Waals surface area contributed by atoms with Gasteiger partial charge in [-0.05, 0) is 6.07 Å². The van der Waals surface area contributed by atoms with Gasteiger partial charge in [0, 0.05) is 19.8 Å². The second-order valence-corrected chi connectivity index (χ2v) is 3.16. The summed E-state index contributed by atoms with van der Waals surface area (Å²) in [5.41, 5.74) is 0.776. The van der Waals surface area contributed by atoms with Gasteiger partial charge in [-0.1, -0.05) is 12.1 Å². The van der Waals surface area contributed by atoms with Gasteiger partial charge in [0.05, 0.1) is 6.61 Å². The Morgan fingerprint density at radius 1 is 1.06 bits per heavy atom. The second kappa shape index (κ2) is 7.86. The molecule has 0 aliphatic rings. The topological polar surface area (TPSA) is 72.2 Å². The average Bonchev–Trinajstić information content (AvgIpc) is 2.35. The summed E-state index contributed by atoms with van der Waals surface area (Å²) in [6.45, 7) is 0.477. The van der Waals surface area contributed by atoms with Gasteiger partial charge in [0.25, 0.3) is 0 Å². The number of hydrogen-bond acceptors (Lipinski definition) is 6. The normalized spacial score (nSPS) is 10.3. The zero-order valence-electron chi connectivity index (χ0n) is 9.97. The van der Waals surface area contributed by atoms with E-state index in [1.54, 1.807) is 13.2 Å². The van der Waals surface area contributed by atoms with Crippen molar-refractivity contribution in [1.29, 1.82) is 0 Å². The SMILES string of the molecule is COCOc1cccc(CON)c1OCOC. The first-order chi connectivity index (χ1) is 8.33. The van der Waals surface area contributed by atoms with Crippen molar-refractivity contribution in [1.82, 2.24) is 0 Å². The van der Waals surface area contributed by atoms with Gasteiger partial charge in [0.2, 0.25) is 0 Å². The molecule has 1 aromatic carbocycles. The van der Waals surface area contributed by atoms with Gasteiger partial charge < -0.3 is 18.9 Å². The molecule has 1 rings (SSSR count). The Balaban J connectivity index is 2.87. The van der Waals surface area contributed by atoms with Crippen LogP contribution < -0.4 is 15.4 Å². The lowest BCUT2D eigenvalue weighted by molar-refractivity contribution is 0.0298. The van der Waals surface area contributed by atoms with Crippen molar-refractivity contribution in [2.45, 2.75) is 6.61 Å². The number of para-hydroxylation sites is 1. The van der Waals surface area contributed by atoms with Crippen LogP contribution in [0.15, 0.2) is 18.2 Å². The monoisotopic (exact) mass is 243 g/mol. The van der Waals surface area contributed by atoms with E-state index in [1.165, 1.54) is 7.11 Å². The molecule has 6 nitrogen and oxygen atoms in total. The molecule has 0 fully saturated rings. The molecule has 0 aliphatic carbocycles. The summed E-state index contributed by atoms with van der Waals surface area (Å²) in [5.74, 6) is 6.15. The summed E-state index contributed by atoms with van der Waals surface area (Å²) >= 11 is 0. The van der Waals surface area contributed by atoms with Crippen LogP contribution in [0.3, 0.4) is 0 Å². The van der Waals surface area contributed by atoms with Gasteiger partial charge in [-0.15, -0.1) is 0 Å². The van der Waals surface area contributed by atoms with Crippen molar-refractivity contribution in [2.75, 3.05) is 27.8 Å². The van der Waals surface area contributed by atoms with Crippen LogP contribution >= 0.6 is 0 Å². The second-order valence-electron chi connectivity index (χ2n) is 3.16. The molecule has 0 aliphatic heterocycles. The summed E-state index contributed by atoms with van der Waals surface area (Å²) in [4.78, 5) is 4.60. The lowest BCUT2D eigenvalue weighted by atomic mass is 10.2. The van der Waals surface area contributed by atoms with E-state index < -0.39 is 0 Å². The van der Waals surface area contributed by atoms with Crippen LogP contribution in [-0.4, -0.2) is 27.8 Å². The molecule has 0 unspecified atom stereocenters. The minimum absolute atomic E-state index is 0.116. The van der Waals surface area contributed by atoms with Crippen LogP contribution in [0.5, 0.6) is 11.5 Å². The molecule has 1 aromatic rings. The summed E-state index contributed by atoms with van der Waals surface area (Å²) < 4.78 is 20.5. The van der Waals surface area contributed by atoms with Gasteiger partial charge in [-0.2, -0.15) is 0 Å². The average molecular weight is 243 g/mol. The van der Waals surface area contributed by atoms with Crippen molar-refractivity contribution in [3.63, 3.8) is 0 Å². The van der Waals surface area contributed by atoms with Crippen LogP contribution in [0, 0.1) is 0 Å². The molecule has 0 saturated heterocycles. The fourth-order valence-electron chi connectivity index (χ4n) is 1.28. The third-order valence-electron chi connectivity index (χ3n) is 1.95. The standard InChI is InChI=1S/C11H17NO5/c1-13-7-15-10-5-3-4-9(6-17-12)11(10)16-8-14-2/h3-5H,6-8,12H2,1-2H3. The number of hydrogen-bond donors (Lipinski definition) is 1. The summed E-state index contributed by atoms with van der Waals surface area (Å²) in [6, 6.07) is 5.42. The minimum atomic E-state index is 0.116. The molecule has 6 heteroatoms. The fraction of sp³-hybridized carbons (Fsp3) is 0.455. The Morgan fingerprint density at radius 3 is 2.41 bits per heavy atom. The van der Waals surface area contributed by atoms with E-state index in [2.05, 4.69) is 4.84 Å². The summed E-state index contributed by atoms with van der Waals surface area (Å²) in [7, 11) is 3.08. The number of ether oxygens (including phenoxy) is 4. The predicted molar refractivity (Wildman–Crippen MR) is 60.4 cm³/mol. The maximum Gasteiger partial charge on any atom is 0.188 e. The van der Waals surface area contributed by atoms with E-state index in [0.717, 1.165) is 5.56 Å². The Labute approximate surface area is 100 Å². The summed E-state index contributed by atoms with van der Waals surface area (Å²) in [6.07, 6.45) is 0. The van der Waals surface area contributed by atoms with Gasteiger partial charge in [-0.25, -0.2) is 5.90 Å². The van der Waals surface area contributed by atoms with Crippen LogP contribution in [0.25, 0.3) is 0 Å². The molecule has 96 valence electrons. The number of nitrogens with two attached hydrogens (primary N) is 1. The van der Waals surface area contributed by atoms with Gasteiger partial charge in [0.1, 0.15) is 0 Å². The van der Waals surface area contributed by atoms with E-state index >= 15 is 0 Å². The third-order valence-corrected chi connectivity index (χ3v) is 1.95. The van der Waals surface area contributed by atoms with Crippen molar-refractivity contribution >= 4 is 0 Å². The molecule has 0 radical (unpaired) electrons. The highest BCUT2D eigenvalue weighted by Gasteiger charge is 2.11. The Hall–Kier alpha value is -1.34. The molecule has 0 spiro atoms. The zero-order valence-corrected chi connectivity index (χ0v) is 9.97. The Morgan fingerprint density at radius 2 is 1.76 bits per heavy atom. The summed E-state index contributed by atoms with van der Waals surface area (Å²) in [5, 5.41) is 0. The number of rotatable bonds is 8. The van der Waals surface area contributed by atoms with Crippen LogP contribution in [0.2, 0.25) is 0 Å². The highest BCUT2D eigenvalue weighted by atomic mass is 16.7. The van der Waals surface area contributed by atoms with Gasteiger partial charge in [-0.3, -0.25) is 4.84 Å². The van der Waals surface area contributed by atoms with Crippen molar-refractivity contribution < 1.29 is 23.8 Å². The van der Waals surface area contributed by atoms with Crippen LogP contribution in [0.1, 0.15) is 5.56 Å². The maximum absolute atomic E-state index is 5.43. The smallest absolute Gasteiger partial charge is 0.188 e. The van der Waals surface area contributed by atoms with Crippen molar-refractivity contribution in [2.24, 2.45) is 5.90 Å². The molecule has 0 heterocycles. The molecule has 2 N–H and O–H groups in total. The third kappa shape index (κ3) is 4.20. The molecular formula is C11H17NO5. The zero-order chi connectivity index (χ0) is 12.5. The first-order valence-electron chi connectivity index (χ1n) is 5.00. The Bertz CT molecular complexity index is 332. The largest absolute Gasteiger partial charge is 0.464 e.